The third kappa shape index (κ3) is 2.58. The zero-order valence-electron chi connectivity index (χ0n) is 6.77. The second-order valence-electron chi connectivity index (χ2n) is 3.11. The van der Waals surface area contributed by atoms with E-state index in [1.165, 1.54) is 0 Å². The predicted molar refractivity (Wildman–Crippen MR) is 38.2 cm³/mol. The molecule has 0 unspecified atom stereocenters. The molecular weight excluding hydrogens is 187 g/mol. The number of hydrogen-bond donors (Lipinski definition) is 2. The third-order valence-corrected chi connectivity index (χ3v) is 2.16. The molecule has 0 spiro atoms. The highest BCUT2D eigenvalue weighted by molar-refractivity contribution is 5.70. The van der Waals surface area contributed by atoms with Crippen LogP contribution in [0.25, 0.3) is 0 Å². The van der Waals surface area contributed by atoms with E-state index in [-0.39, 0.29) is 19.4 Å². The molecule has 1 fully saturated rings. The summed E-state index contributed by atoms with van der Waals surface area (Å²) < 4.78 is 36.2. The van der Waals surface area contributed by atoms with Crippen LogP contribution in [0.4, 0.5) is 13.2 Å². The first-order valence-corrected chi connectivity index (χ1v) is 3.94. The Kier molecular flexibility index (Phi) is 2.80. The molecule has 2 N–H and O–H groups in total. The first-order valence-electron chi connectivity index (χ1n) is 3.94. The summed E-state index contributed by atoms with van der Waals surface area (Å²) >= 11 is 0. The van der Waals surface area contributed by atoms with Crippen LogP contribution in [-0.4, -0.2) is 29.8 Å². The Bertz CT molecular complexity index is 196. The average molecular weight is 197 g/mol. The van der Waals surface area contributed by atoms with Crippen molar-refractivity contribution in [3.8, 4) is 0 Å². The van der Waals surface area contributed by atoms with Crippen molar-refractivity contribution in [2.45, 2.75) is 25.1 Å². The molecule has 0 aliphatic carbocycles. The lowest BCUT2D eigenvalue weighted by Gasteiger charge is -2.28. The first kappa shape index (κ1) is 10.3. The Morgan fingerprint density at radius 1 is 1.38 bits per heavy atom. The van der Waals surface area contributed by atoms with Crippen LogP contribution in [0.15, 0.2) is 0 Å². The minimum atomic E-state index is -4.26. The van der Waals surface area contributed by atoms with E-state index in [9.17, 15) is 18.0 Å². The lowest BCUT2D eigenvalue weighted by atomic mass is 9.95. The van der Waals surface area contributed by atoms with Gasteiger partial charge in [0.15, 0.2) is 0 Å². The smallest absolute Gasteiger partial charge is 0.403 e. The SMILES string of the molecule is O=C(O)[C@@H]1CC[C@@H](C(F)(F)F)NC1. The largest absolute Gasteiger partial charge is 0.481 e. The van der Waals surface area contributed by atoms with Gasteiger partial charge < -0.3 is 10.4 Å². The second-order valence-corrected chi connectivity index (χ2v) is 3.11. The van der Waals surface area contributed by atoms with Crippen LogP contribution in [0.2, 0.25) is 0 Å². The van der Waals surface area contributed by atoms with Crippen LogP contribution >= 0.6 is 0 Å². The van der Waals surface area contributed by atoms with Gasteiger partial charge >= 0.3 is 12.1 Å². The van der Waals surface area contributed by atoms with Crippen molar-refractivity contribution < 1.29 is 23.1 Å². The van der Waals surface area contributed by atoms with Crippen molar-refractivity contribution in [2.75, 3.05) is 6.54 Å². The lowest BCUT2D eigenvalue weighted by Crippen LogP contribution is -2.49. The fourth-order valence-electron chi connectivity index (χ4n) is 1.35. The van der Waals surface area contributed by atoms with Crippen LogP contribution in [0.3, 0.4) is 0 Å². The molecule has 0 aromatic heterocycles. The fourth-order valence-corrected chi connectivity index (χ4v) is 1.35. The number of hydrogen-bond acceptors (Lipinski definition) is 2. The van der Waals surface area contributed by atoms with E-state index in [1.807, 2.05) is 0 Å². The number of alkyl halides is 3. The second kappa shape index (κ2) is 3.53. The van der Waals surface area contributed by atoms with Gasteiger partial charge in [0.25, 0.3) is 0 Å². The summed E-state index contributed by atoms with van der Waals surface area (Å²) in [7, 11) is 0. The van der Waals surface area contributed by atoms with Gasteiger partial charge in [-0.3, -0.25) is 4.79 Å². The number of piperidine rings is 1. The molecule has 1 saturated heterocycles. The van der Waals surface area contributed by atoms with Crippen molar-refractivity contribution in [1.82, 2.24) is 5.32 Å². The minimum Gasteiger partial charge on any atom is -0.481 e. The summed E-state index contributed by atoms with van der Waals surface area (Å²) in [6.45, 7) is -0.0977. The normalized spacial score (nSPS) is 30.1. The number of carbonyl (C=O) groups is 1. The van der Waals surface area contributed by atoms with Crippen molar-refractivity contribution in [1.29, 1.82) is 0 Å². The van der Waals surface area contributed by atoms with Gasteiger partial charge in [-0.05, 0) is 12.8 Å². The van der Waals surface area contributed by atoms with Gasteiger partial charge in [0.2, 0.25) is 0 Å². The standard InChI is InChI=1S/C7H10F3NO2/c8-7(9,10)5-2-1-4(3-11-5)6(12)13/h4-5,11H,1-3H2,(H,12,13)/t4-,5+/m1/s1. The number of aliphatic carboxylic acids is 1. The van der Waals surface area contributed by atoms with Gasteiger partial charge in [-0.2, -0.15) is 13.2 Å². The van der Waals surface area contributed by atoms with E-state index in [1.54, 1.807) is 0 Å². The lowest BCUT2D eigenvalue weighted by molar-refractivity contribution is -0.166. The molecule has 1 rings (SSSR count). The Balaban J connectivity index is 2.44. The molecule has 0 amide bonds. The number of nitrogens with one attached hydrogen (secondary N) is 1. The van der Waals surface area contributed by atoms with E-state index in [2.05, 4.69) is 5.32 Å². The van der Waals surface area contributed by atoms with Crippen LogP contribution in [-0.2, 0) is 4.79 Å². The summed E-state index contributed by atoms with van der Waals surface area (Å²) in [6.07, 6.45) is -4.32. The van der Waals surface area contributed by atoms with Crippen LogP contribution < -0.4 is 5.32 Å². The van der Waals surface area contributed by atoms with Gasteiger partial charge in [0.05, 0.1) is 5.92 Å². The average Bonchev–Trinajstić information content (AvgIpc) is 2.03. The number of halogens is 3. The van der Waals surface area contributed by atoms with Crippen molar-refractivity contribution >= 4 is 5.97 Å². The molecule has 76 valence electrons. The first-order chi connectivity index (χ1) is 5.91. The Hall–Kier alpha value is -0.780. The summed E-state index contributed by atoms with van der Waals surface area (Å²) in [6, 6.07) is -1.54. The number of carboxylic acid groups (broad SMARTS) is 1. The van der Waals surface area contributed by atoms with Crippen LogP contribution in [0.1, 0.15) is 12.8 Å². The van der Waals surface area contributed by atoms with Crippen molar-refractivity contribution in [3.63, 3.8) is 0 Å². The summed E-state index contributed by atoms with van der Waals surface area (Å²) in [5.41, 5.74) is 0. The molecular formula is C7H10F3NO2. The molecule has 3 nitrogen and oxygen atoms in total. The highest BCUT2D eigenvalue weighted by Gasteiger charge is 2.42. The summed E-state index contributed by atoms with van der Waals surface area (Å²) in [5.74, 6) is -1.72. The van der Waals surface area contributed by atoms with Crippen molar-refractivity contribution in [2.24, 2.45) is 5.92 Å². The van der Waals surface area contributed by atoms with E-state index >= 15 is 0 Å². The molecule has 0 saturated carbocycles. The zero-order chi connectivity index (χ0) is 10.1. The van der Waals surface area contributed by atoms with Crippen molar-refractivity contribution in [3.05, 3.63) is 0 Å². The van der Waals surface area contributed by atoms with Gasteiger partial charge in [0, 0.05) is 6.54 Å². The van der Waals surface area contributed by atoms with Crippen LogP contribution in [0.5, 0.6) is 0 Å². The minimum absolute atomic E-state index is 0.0898. The summed E-state index contributed by atoms with van der Waals surface area (Å²) in [4.78, 5) is 10.4. The van der Waals surface area contributed by atoms with E-state index in [0.717, 1.165) is 0 Å². The Morgan fingerprint density at radius 3 is 2.31 bits per heavy atom. The van der Waals surface area contributed by atoms with E-state index in [0.29, 0.717) is 0 Å². The van der Waals surface area contributed by atoms with Gasteiger partial charge in [-0.15, -0.1) is 0 Å². The zero-order valence-corrected chi connectivity index (χ0v) is 6.77. The molecule has 1 heterocycles. The highest BCUT2D eigenvalue weighted by atomic mass is 19.4. The maximum atomic E-state index is 12.1. The molecule has 0 aromatic carbocycles. The quantitative estimate of drug-likeness (QED) is 0.659. The Morgan fingerprint density at radius 2 is 2.00 bits per heavy atom. The molecule has 2 atom stereocenters. The molecule has 1 aliphatic rings. The van der Waals surface area contributed by atoms with Gasteiger partial charge in [-0.25, -0.2) is 0 Å². The van der Waals surface area contributed by atoms with Crippen LogP contribution in [0, 0.1) is 5.92 Å². The topological polar surface area (TPSA) is 49.3 Å². The molecule has 6 heteroatoms. The highest BCUT2D eigenvalue weighted by Crippen LogP contribution is 2.27. The van der Waals surface area contributed by atoms with E-state index in [4.69, 9.17) is 5.11 Å². The maximum Gasteiger partial charge on any atom is 0.403 e. The molecule has 13 heavy (non-hydrogen) atoms. The maximum absolute atomic E-state index is 12.1. The Labute approximate surface area is 72.9 Å². The summed E-state index contributed by atoms with van der Waals surface area (Å²) in [5, 5.41) is 10.7. The number of carboxylic acids is 1. The molecule has 0 aromatic rings. The van der Waals surface area contributed by atoms with E-state index < -0.39 is 24.1 Å². The third-order valence-electron chi connectivity index (χ3n) is 2.16. The monoisotopic (exact) mass is 197 g/mol. The predicted octanol–water partition coefficient (Wildman–Crippen LogP) is 1.00. The van der Waals surface area contributed by atoms with Gasteiger partial charge in [-0.1, -0.05) is 0 Å². The molecule has 1 aliphatic heterocycles. The van der Waals surface area contributed by atoms with Gasteiger partial charge in [0.1, 0.15) is 6.04 Å². The molecule has 0 radical (unpaired) electrons. The fraction of sp³-hybridized carbons (Fsp3) is 0.857. The number of rotatable bonds is 1. The molecule has 0 bridgehead atoms.